The number of carbonyl (C=O) groups is 1. The quantitative estimate of drug-likeness (QED) is 0.828. The third kappa shape index (κ3) is 3.83. The van der Waals surface area contributed by atoms with Gasteiger partial charge in [-0.05, 0) is 18.0 Å². The molecular formula is C17H26N2O. The molecule has 1 aliphatic rings. The normalized spacial score (nSPS) is 21.0. The smallest absolute Gasteiger partial charge is 0.223 e. The molecule has 0 radical (unpaired) electrons. The Hall–Kier alpha value is -1.35. The summed E-state index contributed by atoms with van der Waals surface area (Å²) in [6.45, 7) is 9.07. The number of likely N-dealkylation sites (N-methyl/N-ethyl adjacent to an activating group) is 1. The molecule has 1 heterocycles. The van der Waals surface area contributed by atoms with Crippen molar-refractivity contribution in [2.24, 2.45) is 5.41 Å². The van der Waals surface area contributed by atoms with E-state index in [2.05, 4.69) is 61.9 Å². The van der Waals surface area contributed by atoms with Crippen molar-refractivity contribution >= 4 is 5.91 Å². The molecule has 0 N–H and O–H groups in total. The zero-order valence-electron chi connectivity index (χ0n) is 13.1. The predicted molar refractivity (Wildman–Crippen MR) is 82.5 cm³/mol. The van der Waals surface area contributed by atoms with Crippen LogP contribution in [0.5, 0.6) is 0 Å². The fraction of sp³-hybridized carbons (Fsp3) is 0.588. The largest absolute Gasteiger partial charge is 0.333 e. The third-order valence-corrected chi connectivity index (χ3v) is 3.77. The van der Waals surface area contributed by atoms with E-state index in [4.69, 9.17) is 0 Å². The van der Waals surface area contributed by atoms with Gasteiger partial charge in [0.2, 0.25) is 5.91 Å². The first-order valence-corrected chi connectivity index (χ1v) is 7.40. The van der Waals surface area contributed by atoms with Crippen LogP contribution >= 0.6 is 0 Å². The van der Waals surface area contributed by atoms with Gasteiger partial charge in [-0.15, -0.1) is 0 Å². The third-order valence-electron chi connectivity index (χ3n) is 3.77. The summed E-state index contributed by atoms with van der Waals surface area (Å²) in [6.07, 6.45) is 0.611. The Balaban J connectivity index is 2.19. The number of carbonyl (C=O) groups excluding carboxylic acids is 1. The molecule has 1 unspecified atom stereocenters. The number of nitrogens with zero attached hydrogens (tertiary/aromatic N) is 2. The molecule has 1 fully saturated rings. The van der Waals surface area contributed by atoms with Crippen LogP contribution in [0, 0.1) is 5.41 Å². The van der Waals surface area contributed by atoms with Crippen molar-refractivity contribution < 1.29 is 4.79 Å². The van der Waals surface area contributed by atoms with E-state index in [1.165, 1.54) is 5.56 Å². The highest BCUT2D eigenvalue weighted by Gasteiger charge is 2.31. The van der Waals surface area contributed by atoms with Crippen LogP contribution in [0.3, 0.4) is 0 Å². The Morgan fingerprint density at radius 1 is 1.20 bits per heavy atom. The van der Waals surface area contributed by atoms with Gasteiger partial charge in [-0.1, -0.05) is 51.1 Å². The van der Waals surface area contributed by atoms with E-state index in [1.54, 1.807) is 0 Å². The van der Waals surface area contributed by atoms with Gasteiger partial charge in [-0.2, -0.15) is 0 Å². The highest BCUT2D eigenvalue weighted by atomic mass is 16.2. The molecule has 0 aliphatic carbocycles. The van der Waals surface area contributed by atoms with Gasteiger partial charge in [0.15, 0.2) is 0 Å². The van der Waals surface area contributed by atoms with Crippen LogP contribution in [-0.2, 0) is 4.79 Å². The Kier molecular flexibility index (Phi) is 4.48. The number of rotatable bonds is 2. The predicted octanol–water partition coefficient (Wildman–Crippen LogP) is 2.94. The first kappa shape index (κ1) is 15.0. The van der Waals surface area contributed by atoms with Crippen LogP contribution < -0.4 is 0 Å². The second-order valence-corrected chi connectivity index (χ2v) is 7.01. The molecule has 1 atom stereocenters. The van der Waals surface area contributed by atoms with E-state index in [-0.39, 0.29) is 17.4 Å². The van der Waals surface area contributed by atoms with Crippen molar-refractivity contribution in [1.82, 2.24) is 9.80 Å². The molecule has 1 aromatic rings. The molecule has 1 saturated heterocycles. The molecule has 3 heteroatoms. The van der Waals surface area contributed by atoms with Crippen molar-refractivity contribution in [3.63, 3.8) is 0 Å². The first-order chi connectivity index (χ1) is 9.37. The lowest BCUT2D eigenvalue weighted by Gasteiger charge is -2.41. The van der Waals surface area contributed by atoms with Crippen LogP contribution in [0.15, 0.2) is 30.3 Å². The van der Waals surface area contributed by atoms with Gasteiger partial charge in [0, 0.05) is 26.1 Å². The number of hydrogen-bond donors (Lipinski definition) is 0. The SMILES string of the molecule is CN1CCN(C(=O)CC(C)(C)C)C(c2ccccc2)C1. The van der Waals surface area contributed by atoms with Crippen molar-refractivity contribution in [1.29, 1.82) is 0 Å². The summed E-state index contributed by atoms with van der Waals surface area (Å²) in [5.74, 6) is 0.277. The van der Waals surface area contributed by atoms with Crippen molar-refractivity contribution in [3.05, 3.63) is 35.9 Å². The zero-order valence-corrected chi connectivity index (χ0v) is 13.1. The molecule has 0 saturated carbocycles. The topological polar surface area (TPSA) is 23.6 Å². The zero-order chi connectivity index (χ0) is 14.8. The summed E-state index contributed by atoms with van der Waals surface area (Å²) < 4.78 is 0. The highest BCUT2D eigenvalue weighted by Crippen LogP contribution is 2.28. The Morgan fingerprint density at radius 2 is 1.85 bits per heavy atom. The Morgan fingerprint density at radius 3 is 2.45 bits per heavy atom. The number of benzene rings is 1. The summed E-state index contributed by atoms with van der Waals surface area (Å²) in [7, 11) is 2.13. The maximum absolute atomic E-state index is 12.6. The van der Waals surface area contributed by atoms with Crippen molar-refractivity contribution in [3.8, 4) is 0 Å². The van der Waals surface area contributed by atoms with Gasteiger partial charge in [-0.25, -0.2) is 0 Å². The minimum Gasteiger partial charge on any atom is -0.333 e. The summed E-state index contributed by atoms with van der Waals surface area (Å²) >= 11 is 0. The summed E-state index contributed by atoms with van der Waals surface area (Å²) in [6, 6.07) is 10.6. The van der Waals surface area contributed by atoms with Crippen LogP contribution in [-0.4, -0.2) is 42.4 Å². The Bertz CT molecular complexity index is 450. The average molecular weight is 274 g/mol. The molecule has 20 heavy (non-hydrogen) atoms. The van der Waals surface area contributed by atoms with Crippen LogP contribution in [0.2, 0.25) is 0 Å². The summed E-state index contributed by atoms with van der Waals surface area (Å²) in [5.41, 5.74) is 1.28. The van der Waals surface area contributed by atoms with E-state index in [1.807, 2.05) is 6.07 Å². The van der Waals surface area contributed by atoms with Crippen molar-refractivity contribution in [2.45, 2.75) is 33.2 Å². The molecule has 110 valence electrons. The van der Waals surface area contributed by atoms with E-state index in [0.29, 0.717) is 6.42 Å². The summed E-state index contributed by atoms with van der Waals surface area (Å²) in [5, 5.41) is 0. The fourth-order valence-electron chi connectivity index (χ4n) is 2.73. The van der Waals surface area contributed by atoms with E-state index in [9.17, 15) is 4.79 Å². The molecule has 2 rings (SSSR count). The first-order valence-electron chi connectivity index (χ1n) is 7.40. The van der Waals surface area contributed by atoms with Gasteiger partial charge in [0.25, 0.3) is 0 Å². The Labute approximate surface area is 122 Å². The van der Waals surface area contributed by atoms with Crippen molar-refractivity contribution in [2.75, 3.05) is 26.7 Å². The van der Waals surface area contributed by atoms with E-state index >= 15 is 0 Å². The molecule has 1 aliphatic heterocycles. The molecule has 0 bridgehead atoms. The minimum atomic E-state index is 0.0433. The average Bonchev–Trinajstić information content (AvgIpc) is 2.37. The molecule has 0 aromatic heterocycles. The molecule has 1 amide bonds. The van der Waals surface area contributed by atoms with E-state index in [0.717, 1.165) is 19.6 Å². The van der Waals surface area contributed by atoms with Crippen LogP contribution in [0.25, 0.3) is 0 Å². The molecule has 0 spiro atoms. The lowest BCUT2D eigenvalue weighted by Crippen LogP contribution is -2.49. The van der Waals surface area contributed by atoms with Gasteiger partial charge >= 0.3 is 0 Å². The maximum atomic E-state index is 12.6. The van der Waals surface area contributed by atoms with Crippen LogP contribution in [0.1, 0.15) is 38.8 Å². The van der Waals surface area contributed by atoms with Crippen LogP contribution in [0.4, 0.5) is 0 Å². The van der Waals surface area contributed by atoms with E-state index < -0.39 is 0 Å². The lowest BCUT2D eigenvalue weighted by molar-refractivity contribution is -0.138. The van der Waals surface area contributed by atoms with Gasteiger partial charge in [0.1, 0.15) is 0 Å². The standard InChI is InChI=1S/C17H26N2O/c1-17(2,3)12-16(20)19-11-10-18(4)13-15(19)14-8-6-5-7-9-14/h5-9,15H,10-13H2,1-4H3. The highest BCUT2D eigenvalue weighted by molar-refractivity contribution is 5.77. The number of amides is 1. The monoisotopic (exact) mass is 274 g/mol. The maximum Gasteiger partial charge on any atom is 0.223 e. The van der Waals surface area contributed by atoms with Gasteiger partial charge < -0.3 is 9.80 Å². The molecule has 1 aromatic carbocycles. The minimum absolute atomic E-state index is 0.0433. The van der Waals surface area contributed by atoms with Gasteiger partial charge in [0.05, 0.1) is 6.04 Å². The number of piperazine rings is 1. The molecular weight excluding hydrogens is 248 g/mol. The molecule has 3 nitrogen and oxygen atoms in total. The fourth-order valence-corrected chi connectivity index (χ4v) is 2.73. The van der Waals surface area contributed by atoms with Gasteiger partial charge in [-0.3, -0.25) is 4.79 Å². The second kappa shape index (κ2) is 5.96. The second-order valence-electron chi connectivity index (χ2n) is 7.01. The number of hydrogen-bond acceptors (Lipinski definition) is 2. The summed E-state index contributed by atoms with van der Waals surface area (Å²) in [4.78, 5) is 17.0. The lowest BCUT2D eigenvalue weighted by atomic mass is 9.90.